The lowest BCUT2D eigenvalue weighted by molar-refractivity contribution is 0.601. The molecule has 108 valence electrons. The smallest absolute Gasteiger partial charge is 0.263 e. The summed E-state index contributed by atoms with van der Waals surface area (Å²) in [6.07, 6.45) is 0. The van der Waals surface area contributed by atoms with Crippen molar-refractivity contribution in [2.45, 2.75) is 11.8 Å². The summed E-state index contributed by atoms with van der Waals surface area (Å²) >= 11 is 19.9. The van der Waals surface area contributed by atoms with Crippen molar-refractivity contribution in [1.82, 2.24) is 0 Å². The maximum absolute atomic E-state index is 12.3. The summed E-state index contributed by atoms with van der Waals surface area (Å²) in [5.74, 6) is 0. The Morgan fingerprint density at radius 3 is 2.40 bits per heavy atom. The zero-order valence-electron chi connectivity index (χ0n) is 9.88. The van der Waals surface area contributed by atoms with Crippen LogP contribution in [-0.2, 0) is 10.0 Å². The second-order valence-electron chi connectivity index (χ2n) is 3.80. The number of nitrogens with one attached hydrogen (secondary N) is 1. The molecule has 0 aliphatic carbocycles. The second kappa shape index (κ2) is 6.14. The molecule has 0 saturated carbocycles. The van der Waals surface area contributed by atoms with E-state index in [0.717, 1.165) is 3.79 Å². The van der Waals surface area contributed by atoms with Crippen LogP contribution in [-0.4, -0.2) is 8.42 Å². The van der Waals surface area contributed by atoms with E-state index in [1.54, 1.807) is 25.1 Å². The zero-order chi connectivity index (χ0) is 15.1. The van der Waals surface area contributed by atoms with E-state index in [0.29, 0.717) is 9.35 Å². The Labute approximate surface area is 147 Å². The minimum absolute atomic E-state index is 0.150. The number of hydrogen-bond acceptors (Lipinski definition) is 3. The van der Waals surface area contributed by atoms with Gasteiger partial charge in [-0.2, -0.15) is 0 Å². The van der Waals surface area contributed by atoms with Gasteiger partial charge in [-0.3, -0.25) is 4.72 Å². The molecule has 0 atom stereocenters. The zero-order valence-corrected chi connectivity index (χ0v) is 16.2. The maximum Gasteiger partial charge on any atom is 0.263 e. The summed E-state index contributed by atoms with van der Waals surface area (Å²) in [4.78, 5) is 0.896. The highest BCUT2D eigenvalue weighted by Crippen LogP contribution is 2.37. The molecule has 0 fully saturated rings. The maximum atomic E-state index is 12.3. The summed E-state index contributed by atoms with van der Waals surface area (Å²) in [5, 5.41) is 0.409. The lowest BCUT2D eigenvalue weighted by Crippen LogP contribution is -2.13. The first-order chi connectivity index (χ1) is 9.22. The van der Waals surface area contributed by atoms with Crippen molar-refractivity contribution in [3.8, 4) is 0 Å². The summed E-state index contributed by atoms with van der Waals surface area (Å²) in [6.45, 7) is 1.74. The fourth-order valence-electron chi connectivity index (χ4n) is 1.50. The van der Waals surface area contributed by atoms with E-state index in [1.807, 2.05) is 0 Å². The van der Waals surface area contributed by atoms with Crippen LogP contribution in [0.25, 0.3) is 0 Å². The van der Waals surface area contributed by atoms with Gasteiger partial charge in [0.15, 0.2) is 0 Å². The first-order valence-electron chi connectivity index (χ1n) is 5.14. The molecule has 3 nitrogen and oxygen atoms in total. The summed E-state index contributed by atoms with van der Waals surface area (Å²) in [7, 11) is -3.70. The molecule has 1 aromatic carbocycles. The van der Waals surface area contributed by atoms with Crippen molar-refractivity contribution in [2.75, 3.05) is 4.72 Å². The van der Waals surface area contributed by atoms with Crippen molar-refractivity contribution < 1.29 is 8.42 Å². The number of anilines is 1. The number of rotatable bonds is 3. The van der Waals surface area contributed by atoms with Crippen LogP contribution in [0.3, 0.4) is 0 Å². The average molecular weight is 480 g/mol. The molecule has 0 amide bonds. The Morgan fingerprint density at radius 1 is 1.20 bits per heavy atom. The quantitative estimate of drug-likeness (QED) is 0.575. The summed E-state index contributed by atoms with van der Waals surface area (Å²) in [5.41, 5.74) is 0.238. The molecule has 0 aliphatic heterocycles. The van der Waals surface area contributed by atoms with Crippen LogP contribution in [0.5, 0.6) is 0 Å². The van der Waals surface area contributed by atoms with Crippen molar-refractivity contribution in [2.24, 2.45) is 0 Å². The highest BCUT2D eigenvalue weighted by atomic mass is 79.9. The molecule has 20 heavy (non-hydrogen) atoms. The Kier molecular flexibility index (Phi) is 5.09. The van der Waals surface area contributed by atoms with E-state index in [2.05, 4.69) is 36.6 Å². The minimum Gasteiger partial charge on any atom is -0.278 e. The van der Waals surface area contributed by atoms with Gasteiger partial charge < -0.3 is 0 Å². The first kappa shape index (κ1) is 16.6. The van der Waals surface area contributed by atoms with E-state index in [1.165, 1.54) is 11.3 Å². The van der Waals surface area contributed by atoms with E-state index in [-0.39, 0.29) is 20.6 Å². The Morgan fingerprint density at radius 2 is 1.85 bits per heavy atom. The van der Waals surface area contributed by atoms with Crippen molar-refractivity contribution in [3.05, 3.63) is 41.4 Å². The first-order valence-corrected chi connectivity index (χ1v) is 9.79. The van der Waals surface area contributed by atoms with Gasteiger partial charge in [0.05, 0.1) is 19.5 Å². The van der Waals surface area contributed by atoms with Crippen molar-refractivity contribution >= 4 is 82.1 Å². The minimum atomic E-state index is -3.70. The number of benzene rings is 1. The molecule has 0 bridgehead atoms. The van der Waals surface area contributed by atoms with Crippen molar-refractivity contribution in [1.29, 1.82) is 0 Å². The molecule has 1 N–H and O–H groups in total. The van der Waals surface area contributed by atoms with Gasteiger partial charge >= 0.3 is 0 Å². The molecular formula is C11H7Br2Cl2NO2S2. The fraction of sp³-hybridized carbons (Fsp3) is 0.0909. The molecule has 0 unspecified atom stereocenters. The molecular weight excluding hydrogens is 473 g/mol. The van der Waals surface area contributed by atoms with E-state index in [4.69, 9.17) is 23.2 Å². The molecule has 1 aromatic heterocycles. The topological polar surface area (TPSA) is 46.2 Å². The standard InChI is InChI=1S/C11H7Br2Cl2NO2S2/c1-5-8(4-9(13)19-5)20(17,18)16-7-3-2-6(12)10(14)11(7)15/h2-4,16H,1H3. The summed E-state index contributed by atoms with van der Waals surface area (Å²) in [6, 6.07) is 4.73. The van der Waals surface area contributed by atoms with Gasteiger partial charge in [0.2, 0.25) is 0 Å². The number of sulfonamides is 1. The molecule has 0 spiro atoms. The monoisotopic (exact) mass is 477 g/mol. The lowest BCUT2D eigenvalue weighted by atomic mass is 10.3. The fourth-order valence-corrected chi connectivity index (χ4v) is 5.87. The molecule has 0 saturated heterocycles. The molecule has 0 radical (unpaired) electrons. The van der Waals surface area contributed by atoms with Crippen LogP contribution in [0.2, 0.25) is 10.0 Å². The Hall–Kier alpha value is 0.210. The van der Waals surface area contributed by atoms with Gasteiger partial charge in [-0.15, -0.1) is 11.3 Å². The van der Waals surface area contributed by atoms with E-state index in [9.17, 15) is 8.42 Å². The predicted octanol–water partition coefficient (Wildman–Crippen LogP) is 5.69. The van der Waals surface area contributed by atoms with E-state index < -0.39 is 10.0 Å². The molecule has 9 heteroatoms. The number of aryl methyl sites for hydroxylation is 1. The van der Waals surface area contributed by atoms with Crippen molar-refractivity contribution in [3.63, 3.8) is 0 Å². The van der Waals surface area contributed by atoms with Crippen LogP contribution < -0.4 is 4.72 Å². The average Bonchev–Trinajstić information content (AvgIpc) is 2.70. The highest BCUT2D eigenvalue weighted by Gasteiger charge is 2.21. The molecule has 2 rings (SSSR count). The van der Waals surface area contributed by atoms with Gasteiger partial charge in [-0.05, 0) is 57.0 Å². The van der Waals surface area contributed by atoms with E-state index >= 15 is 0 Å². The van der Waals surface area contributed by atoms with Crippen LogP contribution in [0.1, 0.15) is 4.88 Å². The predicted molar refractivity (Wildman–Crippen MR) is 91.7 cm³/mol. The van der Waals surface area contributed by atoms with Crippen LogP contribution in [0.4, 0.5) is 5.69 Å². The highest BCUT2D eigenvalue weighted by molar-refractivity contribution is 9.11. The van der Waals surface area contributed by atoms with Gasteiger partial charge in [0, 0.05) is 9.35 Å². The largest absolute Gasteiger partial charge is 0.278 e. The van der Waals surface area contributed by atoms with Gasteiger partial charge in [-0.1, -0.05) is 23.2 Å². The molecule has 0 aliphatic rings. The molecule has 2 aromatic rings. The number of thiophene rings is 1. The summed E-state index contributed by atoms with van der Waals surface area (Å²) < 4.78 is 28.5. The Balaban J connectivity index is 2.44. The lowest BCUT2D eigenvalue weighted by Gasteiger charge is -2.11. The third-order valence-electron chi connectivity index (χ3n) is 2.41. The van der Waals surface area contributed by atoms with Gasteiger partial charge in [0.25, 0.3) is 10.0 Å². The van der Waals surface area contributed by atoms with Crippen LogP contribution >= 0.6 is 66.4 Å². The second-order valence-corrected chi connectivity index (χ2v) is 9.70. The number of halogens is 4. The third kappa shape index (κ3) is 3.34. The van der Waals surface area contributed by atoms with Gasteiger partial charge in [-0.25, -0.2) is 8.42 Å². The van der Waals surface area contributed by atoms with Crippen LogP contribution in [0.15, 0.2) is 31.4 Å². The third-order valence-corrected chi connectivity index (χ3v) is 7.36. The molecule has 1 heterocycles. The Bertz CT molecular complexity index is 775. The SMILES string of the molecule is Cc1sc(Br)cc1S(=O)(=O)Nc1ccc(Br)c(Cl)c1Cl. The van der Waals surface area contributed by atoms with Crippen LogP contribution in [0, 0.1) is 6.92 Å². The number of hydrogen-bond donors (Lipinski definition) is 1. The normalized spacial score (nSPS) is 11.7. The van der Waals surface area contributed by atoms with Gasteiger partial charge in [0.1, 0.15) is 4.90 Å².